The van der Waals surface area contributed by atoms with Crippen molar-refractivity contribution in [3.05, 3.63) is 33.3 Å². The van der Waals surface area contributed by atoms with Crippen LogP contribution in [0.4, 0.5) is 0 Å². The first-order valence-corrected chi connectivity index (χ1v) is 5.05. The fourth-order valence-corrected chi connectivity index (χ4v) is 1.78. The van der Waals surface area contributed by atoms with Crippen LogP contribution in [-0.2, 0) is 6.42 Å². The van der Waals surface area contributed by atoms with Crippen molar-refractivity contribution in [3.63, 3.8) is 0 Å². The zero-order valence-corrected chi connectivity index (χ0v) is 9.03. The van der Waals surface area contributed by atoms with Gasteiger partial charge in [-0.15, -0.1) is 0 Å². The van der Waals surface area contributed by atoms with Crippen LogP contribution in [0.2, 0.25) is 5.02 Å². The van der Waals surface area contributed by atoms with Crippen LogP contribution in [0.3, 0.4) is 0 Å². The third-order valence-electron chi connectivity index (χ3n) is 1.67. The summed E-state index contributed by atoms with van der Waals surface area (Å²) < 4.78 is 1.02. The summed E-state index contributed by atoms with van der Waals surface area (Å²) in [4.78, 5) is 0. The van der Waals surface area contributed by atoms with E-state index in [4.69, 9.17) is 17.3 Å². The average Bonchev–Trinajstić information content (AvgIpc) is 2.03. The van der Waals surface area contributed by atoms with Gasteiger partial charge in [0.2, 0.25) is 0 Å². The number of benzene rings is 1. The fraction of sp³-hybridized carbons (Fsp3) is 0.333. The molecule has 0 aromatic heterocycles. The van der Waals surface area contributed by atoms with Gasteiger partial charge in [-0.05, 0) is 37.1 Å². The van der Waals surface area contributed by atoms with Gasteiger partial charge in [-0.2, -0.15) is 0 Å². The van der Waals surface area contributed by atoms with Crippen LogP contribution in [0.1, 0.15) is 12.0 Å². The second-order valence-corrected chi connectivity index (χ2v) is 3.95. The monoisotopic (exact) mass is 247 g/mol. The van der Waals surface area contributed by atoms with Crippen molar-refractivity contribution in [1.29, 1.82) is 0 Å². The van der Waals surface area contributed by atoms with Crippen LogP contribution in [0.5, 0.6) is 0 Å². The first kappa shape index (κ1) is 10.0. The summed E-state index contributed by atoms with van der Waals surface area (Å²) in [7, 11) is 0. The third-order valence-corrected chi connectivity index (χ3v) is 2.51. The zero-order chi connectivity index (χ0) is 8.97. The van der Waals surface area contributed by atoms with E-state index in [0.29, 0.717) is 6.54 Å². The van der Waals surface area contributed by atoms with Crippen LogP contribution in [0.25, 0.3) is 0 Å². The molecule has 0 aliphatic heterocycles. The van der Waals surface area contributed by atoms with Crippen molar-refractivity contribution in [2.45, 2.75) is 12.8 Å². The Balaban J connectivity index is 2.72. The number of halogens is 2. The molecule has 0 aliphatic rings. The van der Waals surface area contributed by atoms with E-state index in [0.717, 1.165) is 22.3 Å². The maximum atomic E-state index is 5.99. The van der Waals surface area contributed by atoms with Gasteiger partial charge in [0.15, 0.2) is 0 Å². The molecule has 1 rings (SSSR count). The molecule has 1 aromatic carbocycles. The highest BCUT2D eigenvalue weighted by atomic mass is 79.9. The van der Waals surface area contributed by atoms with Crippen molar-refractivity contribution < 1.29 is 0 Å². The fourth-order valence-electron chi connectivity index (χ4n) is 1.02. The standard InChI is InChI=1S/C9H11BrClN/c10-8-4-3-7(2-1-5-12)9(11)6-8/h3-4,6H,1-2,5,12H2. The van der Waals surface area contributed by atoms with Crippen molar-refractivity contribution in [1.82, 2.24) is 0 Å². The molecule has 0 aliphatic carbocycles. The molecule has 0 unspecified atom stereocenters. The Morgan fingerprint density at radius 2 is 2.17 bits per heavy atom. The smallest absolute Gasteiger partial charge is 0.0449 e. The van der Waals surface area contributed by atoms with Crippen molar-refractivity contribution in [3.8, 4) is 0 Å². The molecular weight excluding hydrogens is 237 g/mol. The van der Waals surface area contributed by atoms with E-state index in [9.17, 15) is 0 Å². The molecular formula is C9H11BrClN. The third kappa shape index (κ3) is 2.77. The van der Waals surface area contributed by atoms with Crippen molar-refractivity contribution in [2.24, 2.45) is 5.73 Å². The van der Waals surface area contributed by atoms with Gasteiger partial charge in [0.05, 0.1) is 0 Å². The summed E-state index contributed by atoms with van der Waals surface area (Å²) in [6.07, 6.45) is 1.95. The van der Waals surface area contributed by atoms with Gasteiger partial charge in [-0.1, -0.05) is 33.6 Å². The average molecular weight is 249 g/mol. The van der Waals surface area contributed by atoms with Gasteiger partial charge in [0.25, 0.3) is 0 Å². The normalized spacial score (nSPS) is 10.2. The van der Waals surface area contributed by atoms with Crippen LogP contribution in [-0.4, -0.2) is 6.54 Å². The van der Waals surface area contributed by atoms with Gasteiger partial charge in [-0.25, -0.2) is 0 Å². The van der Waals surface area contributed by atoms with E-state index in [-0.39, 0.29) is 0 Å². The molecule has 0 radical (unpaired) electrons. The largest absolute Gasteiger partial charge is 0.330 e. The minimum Gasteiger partial charge on any atom is -0.330 e. The SMILES string of the molecule is NCCCc1ccc(Br)cc1Cl. The van der Waals surface area contributed by atoms with E-state index < -0.39 is 0 Å². The number of aryl methyl sites for hydroxylation is 1. The Labute approximate surface area is 86.0 Å². The minimum absolute atomic E-state index is 0.715. The molecule has 3 heteroatoms. The summed E-state index contributed by atoms with van der Waals surface area (Å²) >= 11 is 9.35. The molecule has 0 saturated carbocycles. The predicted octanol–water partition coefficient (Wildman–Crippen LogP) is 2.99. The van der Waals surface area contributed by atoms with Gasteiger partial charge >= 0.3 is 0 Å². The van der Waals surface area contributed by atoms with Crippen LogP contribution >= 0.6 is 27.5 Å². The highest BCUT2D eigenvalue weighted by molar-refractivity contribution is 9.10. The van der Waals surface area contributed by atoms with Crippen LogP contribution < -0.4 is 5.73 Å². The first-order chi connectivity index (χ1) is 5.74. The first-order valence-electron chi connectivity index (χ1n) is 3.88. The molecule has 12 heavy (non-hydrogen) atoms. The molecule has 1 aromatic rings. The number of nitrogens with two attached hydrogens (primary N) is 1. The van der Waals surface area contributed by atoms with Gasteiger partial charge in [-0.3, -0.25) is 0 Å². The van der Waals surface area contributed by atoms with Crippen molar-refractivity contribution in [2.75, 3.05) is 6.54 Å². The van der Waals surface area contributed by atoms with Crippen LogP contribution in [0, 0.1) is 0 Å². The van der Waals surface area contributed by atoms with E-state index >= 15 is 0 Å². The second-order valence-electron chi connectivity index (χ2n) is 2.63. The topological polar surface area (TPSA) is 26.0 Å². The lowest BCUT2D eigenvalue weighted by Crippen LogP contribution is -2.00. The summed E-state index contributed by atoms with van der Waals surface area (Å²) in [6.45, 7) is 0.715. The van der Waals surface area contributed by atoms with E-state index in [1.165, 1.54) is 5.56 Å². The van der Waals surface area contributed by atoms with Gasteiger partial charge < -0.3 is 5.73 Å². The highest BCUT2D eigenvalue weighted by Crippen LogP contribution is 2.22. The summed E-state index contributed by atoms with van der Waals surface area (Å²) in [5, 5.41) is 0.817. The molecule has 0 saturated heterocycles. The Kier molecular flexibility index (Phi) is 4.06. The molecule has 1 nitrogen and oxygen atoms in total. The molecule has 0 fully saturated rings. The Hall–Kier alpha value is -0.0500. The molecule has 2 N–H and O–H groups in total. The Bertz CT molecular complexity index is 263. The lowest BCUT2D eigenvalue weighted by atomic mass is 10.1. The molecule has 66 valence electrons. The molecule has 0 bridgehead atoms. The molecule has 0 amide bonds. The maximum absolute atomic E-state index is 5.99. The zero-order valence-electron chi connectivity index (χ0n) is 6.69. The molecule has 0 atom stereocenters. The van der Waals surface area contributed by atoms with E-state index in [1.807, 2.05) is 18.2 Å². The van der Waals surface area contributed by atoms with Crippen molar-refractivity contribution >= 4 is 27.5 Å². The summed E-state index contributed by atoms with van der Waals surface area (Å²) in [5.74, 6) is 0. The molecule has 0 spiro atoms. The lowest BCUT2D eigenvalue weighted by molar-refractivity contribution is 0.832. The maximum Gasteiger partial charge on any atom is 0.0449 e. The van der Waals surface area contributed by atoms with Crippen LogP contribution in [0.15, 0.2) is 22.7 Å². The summed E-state index contributed by atoms with van der Waals surface area (Å²) in [6, 6.07) is 5.94. The second kappa shape index (κ2) is 4.85. The van der Waals surface area contributed by atoms with E-state index in [2.05, 4.69) is 15.9 Å². The van der Waals surface area contributed by atoms with E-state index in [1.54, 1.807) is 0 Å². The Morgan fingerprint density at radius 1 is 1.42 bits per heavy atom. The highest BCUT2D eigenvalue weighted by Gasteiger charge is 1.99. The van der Waals surface area contributed by atoms with Gasteiger partial charge in [0.1, 0.15) is 0 Å². The Morgan fingerprint density at radius 3 is 2.75 bits per heavy atom. The number of hydrogen-bond acceptors (Lipinski definition) is 1. The quantitative estimate of drug-likeness (QED) is 0.874. The number of rotatable bonds is 3. The predicted molar refractivity (Wildman–Crippen MR) is 56.5 cm³/mol. The lowest BCUT2D eigenvalue weighted by Gasteiger charge is -2.02. The number of hydrogen-bond donors (Lipinski definition) is 1. The molecule has 0 heterocycles. The minimum atomic E-state index is 0.715. The summed E-state index contributed by atoms with van der Waals surface area (Å²) in [5.41, 5.74) is 6.58. The van der Waals surface area contributed by atoms with Gasteiger partial charge in [0, 0.05) is 9.50 Å².